The van der Waals surface area contributed by atoms with Gasteiger partial charge in [-0.3, -0.25) is 4.79 Å². The molecule has 0 bridgehead atoms. The minimum atomic E-state index is 0.00403. The summed E-state index contributed by atoms with van der Waals surface area (Å²) < 4.78 is 11.1. The third kappa shape index (κ3) is 4.03. The second-order valence-corrected chi connectivity index (χ2v) is 5.64. The molecular formula is C16H22ClNO3. The van der Waals surface area contributed by atoms with E-state index in [9.17, 15) is 4.79 Å². The zero-order valence-corrected chi connectivity index (χ0v) is 13.4. The van der Waals surface area contributed by atoms with Gasteiger partial charge in [-0.1, -0.05) is 0 Å². The average Bonchev–Trinajstić information content (AvgIpc) is 2.49. The molecule has 0 aliphatic carbocycles. The normalized spacial score (nSPS) is 18.4. The lowest BCUT2D eigenvalue weighted by atomic mass is 10.1. The van der Waals surface area contributed by atoms with Crippen LogP contribution in [0.25, 0.3) is 0 Å². The molecule has 1 atom stereocenters. The fourth-order valence-corrected chi connectivity index (χ4v) is 2.80. The molecule has 116 valence electrons. The van der Waals surface area contributed by atoms with Crippen LogP contribution in [0.2, 0.25) is 0 Å². The van der Waals surface area contributed by atoms with E-state index in [1.54, 1.807) is 18.2 Å². The van der Waals surface area contributed by atoms with Gasteiger partial charge >= 0.3 is 0 Å². The van der Waals surface area contributed by atoms with E-state index in [1.807, 2.05) is 18.7 Å². The Kier molecular flexibility index (Phi) is 5.74. The van der Waals surface area contributed by atoms with Gasteiger partial charge in [0.15, 0.2) is 11.5 Å². The Morgan fingerprint density at radius 2 is 2.00 bits per heavy atom. The standard InChI is InChI=1S/C16H22ClNO3/c1-3-20-14-8-7-12(10-15(14)21-4-2)16(19)18-9-5-6-13(17)11-18/h7-8,10,13H,3-6,9,11H2,1-2H3. The van der Waals surface area contributed by atoms with Crippen molar-refractivity contribution >= 4 is 17.5 Å². The van der Waals surface area contributed by atoms with Crippen molar-refractivity contribution in [2.24, 2.45) is 0 Å². The third-order valence-electron chi connectivity index (χ3n) is 3.44. The summed E-state index contributed by atoms with van der Waals surface area (Å²) in [4.78, 5) is 14.4. The lowest BCUT2D eigenvalue weighted by Crippen LogP contribution is -2.40. The summed E-state index contributed by atoms with van der Waals surface area (Å²) in [6, 6.07) is 5.34. The Morgan fingerprint density at radius 1 is 1.29 bits per heavy atom. The van der Waals surface area contributed by atoms with Gasteiger partial charge in [0.1, 0.15) is 0 Å². The number of hydrogen-bond acceptors (Lipinski definition) is 3. The number of rotatable bonds is 5. The van der Waals surface area contributed by atoms with Crippen LogP contribution >= 0.6 is 11.6 Å². The van der Waals surface area contributed by atoms with Gasteiger partial charge in [0.05, 0.1) is 18.6 Å². The third-order valence-corrected chi connectivity index (χ3v) is 3.80. The molecule has 21 heavy (non-hydrogen) atoms. The fraction of sp³-hybridized carbons (Fsp3) is 0.562. The minimum Gasteiger partial charge on any atom is -0.490 e. The molecule has 1 aromatic carbocycles. The van der Waals surface area contributed by atoms with E-state index in [0.29, 0.717) is 36.8 Å². The van der Waals surface area contributed by atoms with Crippen LogP contribution in [0.1, 0.15) is 37.0 Å². The van der Waals surface area contributed by atoms with Crippen molar-refractivity contribution < 1.29 is 14.3 Å². The van der Waals surface area contributed by atoms with E-state index in [4.69, 9.17) is 21.1 Å². The summed E-state index contributed by atoms with van der Waals surface area (Å²) >= 11 is 6.15. The Bertz CT molecular complexity index is 492. The number of halogens is 1. The summed E-state index contributed by atoms with van der Waals surface area (Å²) in [7, 11) is 0. The van der Waals surface area contributed by atoms with Gasteiger partial charge in [-0.15, -0.1) is 11.6 Å². The smallest absolute Gasteiger partial charge is 0.254 e. The van der Waals surface area contributed by atoms with Crippen molar-refractivity contribution in [3.63, 3.8) is 0 Å². The summed E-state index contributed by atoms with van der Waals surface area (Å²) in [5.41, 5.74) is 0.618. The van der Waals surface area contributed by atoms with Crippen molar-refractivity contribution in [3.05, 3.63) is 23.8 Å². The van der Waals surface area contributed by atoms with Crippen molar-refractivity contribution in [2.75, 3.05) is 26.3 Å². The molecule has 0 saturated carbocycles. The van der Waals surface area contributed by atoms with E-state index in [1.165, 1.54) is 0 Å². The molecule has 1 saturated heterocycles. The number of likely N-dealkylation sites (tertiary alicyclic amines) is 1. The summed E-state index contributed by atoms with van der Waals surface area (Å²) in [5, 5.41) is 0.0526. The van der Waals surface area contributed by atoms with Crippen molar-refractivity contribution in [2.45, 2.75) is 32.1 Å². The van der Waals surface area contributed by atoms with Crippen LogP contribution in [-0.4, -0.2) is 42.5 Å². The molecule has 4 nitrogen and oxygen atoms in total. The van der Waals surface area contributed by atoms with Gasteiger partial charge in [-0.2, -0.15) is 0 Å². The molecule has 0 radical (unpaired) electrons. The van der Waals surface area contributed by atoms with Crippen LogP contribution in [0.4, 0.5) is 0 Å². The van der Waals surface area contributed by atoms with Crippen LogP contribution < -0.4 is 9.47 Å². The Labute approximate surface area is 131 Å². The summed E-state index contributed by atoms with van der Waals surface area (Å²) in [6.07, 6.45) is 1.92. The first-order chi connectivity index (χ1) is 10.2. The van der Waals surface area contributed by atoms with Crippen LogP contribution in [0.5, 0.6) is 11.5 Å². The lowest BCUT2D eigenvalue weighted by molar-refractivity contribution is 0.0726. The molecule has 1 fully saturated rings. The number of piperidine rings is 1. The van der Waals surface area contributed by atoms with Crippen molar-refractivity contribution in [1.29, 1.82) is 0 Å². The number of hydrogen-bond donors (Lipinski definition) is 0. The maximum absolute atomic E-state index is 12.5. The zero-order chi connectivity index (χ0) is 15.2. The quantitative estimate of drug-likeness (QED) is 0.783. The number of carbonyl (C=O) groups excluding carboxylic acids is 1. The second-order valence-electron chi connectivity index (χ2n) is 5.02. The van der Waals surface area contributed by atoms with Gasteiger partial charge in [-0.05, 0) is 44.9 Å². The van der Waals surface area contributed by atoms with Crippen molar-refractivity contribution in [1.82, 2.24) is 4.90 Å². The highest BCUT2D eigenvalue weighted by Crippen LogP contribution is 2.29. The van der Waals surface area contributed by atoms with E-state index < -0.39 is 0 Å². The van der Waals surface area contributed by atoms with Gasteiger partial charge in [0.2, 0.25) is 0 Å². The molecule has 1 heterocycles. The monoisotopic (exact) mass is 311 g/mol. The van der Waals surface area contributed by atoms with E-state index in [2.05, 4.69) is 0 Å². The number of carbonyl (C=O) groups is 1. The number of nitrogens with zero attached hydrogens (tertiary/aromatic N) is 1. The Hall–Kier alpha value is -1.42. The number of amides is 1. The topological polar surface area (TPSA) is 38.8 Å². The molecule has 1 aliphatic heterocycles. The fourth-order valence-electron chi connectivity index (χ4n) is 2.48. The summed E-state index contributed by atoms with van der Waals surface area (Å²) in [6.45, 7) is 6.30. The molecular weight excluding hydrogens is 290 g/mol. The zero-order valence-electron chi connectivity index (χ0n) is 12.6. The molecule has 5 heteroatoms. The first-order valence-corrected chi connectivity index (χ1v) is 7.92. The molecule has 0 spiro atoms. The van der Waals surface area contributed by atoms with E-state index >= 15 is 0 Å². The number of alkyl halides is 1. The predicted octanol–water partition coefficient (Wildman–Crippen LogP) is 3.33. The lowest BCUT2D eigenvalue weighted by Gasteiger charge is -2.30. The largest absolute Gasteiger partial charge is 0.490 e. The molecule has 2 rings (SSSR count). The predicted molar refractivity (Wildman–Crippen MR) is 83.6 cm³/mol. The highest BCUT2D eigenvalue weighted by Gasteiger charge is 2.23. The first kappa shape index (κ1) is 16.0. The van der Waals surface area contributed by atoms with Crippen LogP contribution in [0.15, 0.2) is 18.2 Å². The highest BCUT2D eigenvalue weighted by atomic mass is 35.5. The first-order valence-electron chi connectivity index (χ1n) is 7.48. The van der Waals surface area contributed by atoms with Gasteiger partial charge in [-0.25, -0.2) is 0 Å². The highest BCUT2D eigenvalue weighted by molar-refractivity contribution is 6.21. The second kappa shape index (κ2) is 7.55. The van der Waals surface area contributed by atoms with Crippen LogP contribution in [0.3, 0.4) is 0 Å². The maximum atomic E-state index is 12.5. The molecule has 0 aromatic heterocycles. The van der Waals surface area contributed by atoms with Crippen LogP contribution in [-0.2, 0) is 0 Å². The minimum absolute atomic E-state index is 0.00403. The van der Waals surface area contributed by atoms with Crippen LogP contribution in [0, 0.1) is 0 Å². The summed E-state index contributed by atoms with van der Waals surface area (Å²) in [5.74, 6) is 1.29. The maximum Gasteiger partial charge on any atom is 0.254 e. The van der Waals surface area contributed by atoms with Gasteiger partial charge in [0.25, 0.3) is 5.91 Å². The van der Waals surface area contributed by atoms with Crippen molar-refractivity contribution in [3.8, 4) is 11.5 Å². The molecule has 1 aromatic rings. The van der Waals surface area contributed by atoms with E-state index in [-0.39, 0.29) is 11.3 Å². The Morgan fingerprint density at radius 3 is 2.67 bits per heavy atom. The van der Waals surface area contributed by atoms with E-state index in [0.717, 1.165) is 19.4 Å². The van der Waals surface area contributed by atoms with Gasteiger partial charge in [0, 0.05) is 18.7 Å². The average molecular weight is 312 g/mol. The molecule has 1 aliphatic rings. The Balaban J connectivity index is 2.18. The molecule has 1 amide bonds. The SMILES string of the molecule is CCOc1ccc(C(=O)N2CCCC(Cl)C2)cc1OCC. The molecule has 1 unspecified atom stereocenters. The van der Waals surface area contributed by atoms with Gasteiger partial charge < -0.3 is 14.4 Å². The number of ether oxygens (including phenoxy) is 2. The number of benzene rings is 1. The molecule has 0 N–H and O–H groups in total.